The first-order valence-electron chi connectivity index (χ1n) is 7.78. The van der Waals surface area contributed by atoms with Gasteiger partial charge >= 0.3 is 0 Å². The van der Waals surface area contributed by atoms with Crippen molar-refractivity contribution in [3.05, 3.63) is 12.7 Å². The number of aromatic nitrogens is 3. The van der Waals surface area contributed by atoms with Crippen LogP contribution in [0.25, 0.3) is 0 Å². The van der Waals surface area contributed by atoms with E-state index >= 15 is 0 Å². The topological polar surface area (TPSA) is 105 Å². The van der Waals surface area contributed by atoms with E-state index in [2.05, 4.69) is 30.2 Å². The molecule has 2 heterocycles. The lowest BCUT2D eigenvalue weighted by atomic mass is 10.0. The quantitative estimate of drug-likeness (QED) is 0.351. The van der Waals surface area contributed by atoms with E-state index in [0.717, 1.165) is 45.2 Å². The van der Waals surface area contributed by atoms with Gasteiger partial charge in [-0.1, -0.05) is 0 Å². The van der Waals surface area contributed by atoms with Crippen LogP contribution in [0.2, 0.25) is 0 Å². The molecule has 1 aliphatic rings. The Labute approximate surface area is 159 Å². The Morgan fingerprint density at radius 1 is 1.33 bits per heavy atom. The highest BCUT2D eigenvalue weighted by Crippen LogP contribution is 2.16. The van der Waals surface area contributed by atoms with Gasteiger partial charge in [-0.3, -0.25) is 19.4 Å². The van der Waals surface area contributed by atoms with E-state index in [1.54, 1.807) is 18.1 Å². The van der Waals surface area contributed by atoms with Gasteiger partial charge in [0.15, 0.2) is 5.96 Å². The Bertz CT molecular complexity index is 537. The molecule has 1 amide bonds. The maximum absolute atomic E-state index is 11.6. The summed E-state index contributed by atoms with van der Waals surface area (Å²) in [4.78, 5) is 24.1. The van der Waals surface area contributed by atoms with E-state index in [9.17, 15) is 4.79 Å². The molecule has 0 spiro atoms. The minimum Gasteiger partial charge on any atom is -0.368 e. The summed E-state index contributed by atoms with van der Waals surface area (Å²) < 4.78 is 1.77. The second-order valence-electron chi connectivity index (χ2n) is 6.03. The molecule has 0 atom stereocenters. The smallest absolute Gasteiger partial charge is 0.237 e. The summed E-state index contributed by atoms with van der Waals surface area (Å²) in [7, 11) is 1.78. The minimum absolute atomic E-state index is 0. The first kappa shape index (κ1) is 20.6. The first-order valence-corrected chi connectivity index (χ1v) is 7.78. The van der Waals surface area contributed by atoms with E-state index in [4.69, 9.17) is 5.73 Å². The molecule has 9 nitrogen and oxygen atoms in total. The molecule has 0 saturated carbocycles. The number of carbonyl (C=O) groups is 1. The Morgan fingerprint density at radius 3 is 2.50 bits per heavy atom. The molecule has 1 saturated heterocycles. The van der Waals surface area contributed by atoms with Gasteiger partial charge in [0, 0.05) is 39.8 Å². The predicted molar refractivity (Wildman–Crippen MR) is 103 cm³/mol. The second-order valence-corrected chi connectivity index (χ2v) is 6.03. The number of halogens is 1. The number of guanidine groups is 1. The van der Waals surface area contributed by atoms with E-state index in [0.29, 0.717) is 0 Å². The molecule has 24 heavy (non-hydrogen) atoms. The number of nitrogens with zero attached hydrogens (tertiary/aromatic N) is 6. The normalized spacial score (nSPS) is 16.6. The summed E-state index contributed by atoms with van der Waals surface area (Å²) in [6.45, 7) is 8.36. The molecule has 0 unspecified atom stereocenters. The number of hydrogen-bond donors (Lipinski definition) is 2. The van der Waals surface area contributed by atoms with Crippen LogP contribution in [0.1, 0.15) is 13.8 Å². The molecule has 1 fully saturated rings. The molecule has 2 rings (SSSR count). The predicted octanol–water partition coefficient (Wildman–Crippen LogP) is -0.647. The number of primary amides is 1. The van der Waals surface area contributed by atoms with Gasteiger partial charge in [0.25, 0.3) is 0 Å². The van der Waals surface area contributed by atoms with Gasteiger partial charge in [-0.05, 0) is 13.8 Å². The highest BCUT2D eigenvalue weighted by atomic mass is 127. The van der Waals surface area contributed by atoms with Crippen LogP contribution in [0.15, 0.2) is 17.6 Å². The summed E-state index contributed by atoms with van der Waals surface area (Å²) in [6, 6.07) is 0. The number of hydrogen-bond acceptors (Lipinski definition) is 5. The Hall–Kier alpha value is -1.43. The zero-order valence-electron chi connectivity index (χ0n) is 14.5. The lowest BCUT2D eigenvalue weighted by molar-refractivity contribution is -0.129. The SMILES string of the molecule is CN=C(NCCn1cncn1)N1CCN(C(C)(C)C(N)=O)CC1.I. The summed E-state index contributed by atoms with van der Waals surface area (Å²) >= 11 is 0. The maximum Gasteiger partial charge on any atom is 0.237 e. The highest BCUT2D eigenvalue weighted by Gasteiger charge is 2.35. The number of piperazine rings is 1. The third kappa shape index (κ3) is 5.03. The van der Waals surface area contributed by atoms with Crippen molar-refractivity contribution in [1.29, 1.82) is 0 Å². The van der Waals surface area contributed by atoms with E-state index in [1.807, 2.05) is 13.8 Å². The number of nitrogens with one attached hydrogen (secondary N) is 1. The van der Waals surface area contributed by atoms with Crippen molar-refractivity contribution in [3.8, 4) is 0 Å². The van der Waals surface area contributed by atoms with Gasteiger partial charge in [0.05, 0.1) is 12.1 Å². The molecular formula is C14H27IN8O. The van der Waals surface area contributed by atoms with Crippen LogP contribution < -0.4 is 11.1 Å². The molecule has 136 valence electrons. The standard InChI is InChI=1S/C14H26N8O.HI/c1-14(2,12(15)23)21-8-6-20(7-9-21)13(16-3)18-4-5-22-11-17-10-19-22;/h10-11H,4-9H2,1-3H3,(H2,15,23)(H,16,18);1H. The van der Waals surface area contributed by atoms with Crippen molar-refractivity contribution < 1.29 is 4.79 Å². The summed E-state index contributed by atoms with van der Waals surface area (Å²) in [6.07, 6.45) is 3.21. The minimum atomic E-state index is -0.615. The molecule has 1 aromatic rings. The number of carbonyl (C=O) groups excluding carboxylic acids is 1. The second kappa shape index (κ2) is 9.16. The van der Waals surface area contributed by atoms with Crippen molar-refractivity contribution in [2.24, 2.45) is 10.7 Å². The van der Waals surface area contributed by atoms with Crippen LogP contribution in [-0.2, 0) is 11.3 Å². The fourth-order valence-electron chi connectivity index (χ4n) is 2.60. The van der Waals surface area contributed by atoms with Crippen LogP contribution >= 0.6 is 24.0 Å². The highest BCUT2D eigenvalue weighted by molar-refractivity contribution is 14.0. The fourth-order valence-corrected chi connectivity index (χ4v) is 2.60. The molecule has 0 radical (unpaired) electrons. The maximum atomic E-state index is 11.6. The van der Waals surface area contributed by atoms with Crippen molar-refractivity contribution in [3.63, 3.8) is 0 Å². The van der Waals surface area contributed by atoms with Gasteiger partial charge in [-0.25, -0.2) is 4.98 Å². The van der Waals surface area contributed by atoms with Crippen LogP contribution in [-0.4, -0.2) is 81.7 Å². The molecule has 0 aliphatic carbocycles. The monoisotopic (exact) mass is 450 g/mol. The molecule has 0 aromatic carbocycles. The van der Waals surface area contributed by atoms with Crippen molar-refractivity contribution in [2.75, 3.05) is 39.8 Å². The number of nitrogens with two attached hydrogens (primary N) is 1. The molecule has 3 N–H and O–H groups in total. The number of rotatable bonds is 5. The van der Waals surface area contributed by atoms with Crippen molar-refractivity contribution in [1.82, 2.24) is 29.9 Å². The van der Waals surface area contributed by atoms with Crippen LogP contribution in [0.5, 0.6) is 0 Å². The van der Waals surface area contributed by atoms with Crippen molar-refractivity contribution in [2.45, 2.75) is 25.9 Å². The Kier molecular flexibility index (Phi) is 7.87. The number of amides is 1. The summed E-state index contributed by atoms with van der Waals surface area (Å²) in [5, 5.41) is 7.40. The van der Waals surface area contributed by atoms with Crippen LogP contribution in [0.3, 0.4) is 0 Å². The van der Waals surface area contributed by atoms with Gasteiger partial charge in [-0.15, -0.1) is 24.0 Å². The molecule has 1 aromatic heterocycles. The van der Waals surface area contributed by atoms with E-state index < -0.39 is 5.54 Å². The average molecular weight is 450 g/mol. The largest absolute Gasteiger partial charge is 0.368 e. The van der Waals surface area contributed by atoms with Crippen molar-refractivity contribution >= 4 is 35.8 Å². The Balaban J connectivity index is 0.00000288. The molecule has 1 aliphatic heterocycles. The third-order valence-corrected chi connectivity index (χ3v) is 4.28. The molecule has 0 bridgehead atoms. The zero-order valence-corrected chi connectivity index (χ0v) is 16.8. The van der Waals surface area contributed by atoms with Crippen LogP contribution in [0.4, 0.5) is 0 Å². The first-order chi connectivity index (χ1) is 10.9. The van der Waals surface area contributed by atoms with Gasteiger partial charge in [0.1, 0.15) is 12.7 Å². The number of aliphatic imine (C=N–C) groups is 1. The van der Waals surface area contributed by atoms with Gasteiger partial charge < -0.3 is 16.0 Å². The summed E-state index contributed by atoms with van der Waals surface area (Å²) in [5.41, 5.74) is 4.88. The van der Waals surface area contributed by atoms with E-state index in [1.165, 1.54) is 6.33 Å². The lowest BCUT2D eigenvalue weighted by Crippen LogP contribution is -2.61. The van der Waals surface area contributed by atoms with Gasteiger partial charge in [0.2, 0.25) is 5.91 Å². The fraction of sp³-hybridized carbons (Fsp3) is 0.714. The third-order valence-electron chi connectivity index (χ3n) is 4.28. The van der Waals surface area contributed by atoms with Gasteiger partial charge in [-0.2, -0.15) is 5.10 Å². The summed E-state index contributed by atoms with van der Waals surface area (Å²) in [5.74, 6) is 0.572. The molecule has 10 heteroatoms. The lowest BCUT2D eigenvalue weighted by Gasteiger charge is -2.43. The average Bonchev–Trinajstić information content (AvgIpc) is 3.05. The van der Waals surface area contributed by atoms with E-state index in [-0.39, 0.29) is 29.9 Å². The Morgan fingerprint density at radius 2 is 2.00 bits per heavy atom. The molecular weight excluding hydrogens is 423 g/mol. The van der Waals surface area contributed by atoms with Crippen LogP contribution in [0, 0.1) is 0 Å². The zero-order chi connectivity index (χ0) is 16.9.